The molecule has 6 nitrogen and oxygen atoms in total. The fraction of sp³-hybridized carbons (Fsp3) is 0.286. The maximum atomic E-state index is 12.5. The molecule has 0 saturated heterocycles. The molecule has 0 amide bonds. The van der Waals surface area contributed by atoms with Crippen LogP contribution in [0.1, 0.15) is 25.9 Å². The summed E-state index contributed by atoms with van der Waals surface area (Å²) >= 11 is 2.81. The lowest BCUT2D eigenvalue weighted by Crippen LogP contribution is -2.21. The topological polar surface area (TPSA) is 85.1 Å². The minimum atomic E-state index is -1.04. The van der Waals surface area contributed by atoms with Crippen molar-refractivity contribution < 1.29 is 9.90 Å². The Morgan fingerprint density at radius 3 is 2.86 bits per heavy atom. The first-order chi connectivity index (χ1) is 10.5. The van der Waals surface area contributed by atoms with Gasteiger partial charge in [0.2, 0.25) is 0 Å². The first kappa shape index (κ1) is 14.9. The third-order valence-corrected chi connectivity index (χ3v) is 5.52. The van der Waals surface area contributed by atoms with Crippen molar-refractivity contribution in [2.45, 2.75) is 26.8 Å². The zero-order valence-electron chi connectivity index (χ0n) is 12.0. The Labute approximate surface area is 133 Å². The molecule has 0 bridgehead atoms. The molecule has 0 radical (unpaired) electrons. The fourth-order valence-electron chi connectivity index (χ4n) is 2.17. The minimum absolute atomic E-state index is 0.0465. The van der Waals surface area contributed by atoms with Gasteiger partial charge in [-0.25, -0.2) is 14.8 Å². The summed E-state index contributed by atoms with van der Waals surface area (Å²) in [6.45, 7) is 4.35. The van der Waals surface area contributed by atoms with Gasteiger partial charge in [-0.3, -0.25) is 9.36 Å². The molecule has 0 aliphatic carbocycles. The molecule has 0 aromatic carbocycles. The second-order valence-corrected chi connectivity index (χ2v) is 7.03. The molecule has 22 heavy (non-hydrogen) atoms. The summed E-state index contributed by atoms with van der Waals surface area (Å²) in [5.41, 5.74) is 0.973. The number of rotatable bonds is 4. The van der Waals surface area contributed by atoms with Crippen LogP contribution in [0.5, 0.6) is 0 Å². The number of thiazole rings is 1. The van der Waals surface area contributed by atoms with Gasteiger partial charge in [-0.05, 0) is 19.4 Å². The monoisotopic (exact) mass is 335 g/mol. The Morgan fingerprint density at radius 2 is 2.18 bits per heavy atom. The summed E-state index contributed by atoms with van der Waals surface area (Å²) in [6.07, 6.45) is 2.05. The Morgan fingerprint density at radius 1 is 1.41 bits per heavy atom. The maximum absolute atomic E-state index is 12.5. The van der Waals surface area contributed by atoms with Crippen molar-refractivity contribution in [3.63, 3.8) is 0 Å². The second-order valence-electron chi connectivity index (χ2n) is 4.89. The van der Waals surface area contributed by atoms with Crippen LogP contribution in [0, 0.1) is 13.8 Å². The molecule has 0 aliphatic rings. The Balaban J connectivity index is 1.87. The summed E-state index contributed by atoms with van der Waals surface area (Å²) in [6, 6.07) is 0. The average molecular weight is 335 g/mol. The number of aromatic nitrogens is 3. The van der Waals surface area contributed by atoms with Gasteiger partial charge in [0, 0.05) is 23.2 Å². The first-order valence-corrected chi connectivity index (χ1v) is 8.30. The van der Waals surface area contributed by atoms with Crippen molar-refractivity contribution in [3.8, 4) is 0 Å². The van der Waals surface area contributed by atoms with Crippen molar-refractivity contribution in [2.24, 2.45) is 0 Å². The molecule has 0 spiro atoms. The lowest BCUT2D eigenvalue weighted by Gasteiger charge is -2.03. The number of hydrogen-bond acceptors (Lipinski definition) is 6. The molecule has 0 fully saturated rings. The summed E-state index contributed by atoms with van der Waals surface area (Å²) in [5, 5.41) is 11.7. The highest BCUT2D eigenvalue weighted by Gasteiger charge is 2.13. The van der Waals surface area contributed by atoms with Crippen LogP contribution in [0.3, 0.4) is 0 Å². The highest BCUT2D eigenvalue weighted by molar-refractivity contribution is 7.18. The highest BCUT2D eigenvalue weighted by Crippen LogP contribution is 2.25. The number of thiophene rings is 1. The Bertz CT molecular complexity index is 923. The largest absolute Gasteiger partial charge is 0.476 e. The predicted molar refractivity (Wildman–Crippen MR) is 86.1 cm³/mol. The third kappa shape index (κ3) is 2.55. The number of hydrogen-bond donors (Lipinski definition) is 1. The minimum Gasteiger partial charge on any atom is -0.476 e. The number of aromatic carboxylic acids is 1. The smallest absolute Gasteiger partial charge is 0.355 e. The standard InChI is InChI=1S/C14H13N3O3S2/c1-7-8(2)22-12-11(7)13(18)17(6-15-12)4-3-10-16-9(5-21-10)14(19)20/h5-6H,3-4H2,1-2H3,(H,19,20). The molecule has 0 unspecified atom stereocenters. The van der Waals surface area contributed by atoms with Gasteiger partial charge in [0.1, 0.15) is 4.83 Å². The van der Waals surface area contributed by atoms with E-state index in [0.29, 0.717) is 23.4 Å². The van der Waals surface area contributed by atoms with Crippen LogP contribution < -0.4 is 5.56 Å². The van der Waals surface area contributed by atoms with E-state index in [0.717, 1.165) is 15.3 Å². The number of carbonyl (C=O) groups is 1. The predicted octanol–water partition coefficient (Wildman–Crippen LogP) is 2.47. The normalized spacial score (nSPS) is 11.2. The zero-order chi connectivity index (χ0) is 15.9. The van der Waals surface area contributed by atoms with Gasteiger partial charge < -0.3 is 5.11 Å². The number of carboxylic acid groups (broad SMARTS) is 1. The van der Waals surface area contributed by atoms with E-state index in [1.54, 1.807) is 10.9 Å². The third-order valence-electron chi connectivity index (χ3n) is 3.49. The highest BCUT2D eigenvalue weighted by atomic mass is 32.1. The van der Waals surface area contributed by atoms with Gasteiger partial charge in [-0.1, -0.05) is 0 Å². The van der Waals surface area contributed by atoms with E-state index in [1.807, 2.05) is 13.8 Å². The molecule has 114 valence electrons. The summed E-state index contributed by atoms with van der Waals surface area (Å²) in [7, 11) is 0. The summed E-state index contributed by atoms with van der Waals surface area (Å²) < 4.78 is 1.56. The molecule has 0 aliphatic heterocycles. The zero-order valence-corrected chi connectivity index (χ0v) is 13.6. The van der Waals surface area contributed by atoms with Gasteiger partial charge in [0.15, 0.2) is 5.69 Å². The van der Waals surface area contributed by atoms with Crippen LogP contribution >= 0.6 is 22.7 Å². The Hall–Kier alpha value is -2.06. The van der Waals surface area contributed by atoms with Crippen LogP contribution in [0.2, 0.25) is 0 Å². The average Bonchev–Trinajstić information content (AvgIpc) is 3.05. The SMILES string of the molecule is Cc1sc2ncn(CCc3nc(C(=O)O)cs3)c(=O)c2c1C. The van der Waals surface area contributed by atoms with Crippen molar-refractivity contribution in [2.75, 3.05) is 0 Å². The van der Waals surface area contributed by atoms with Crippen molar-refractivity contribution in [1.82, 2.24) is 14.5 Å². The molecule has 8 heteroatoms. The van der Waals surface area contributed by atoms with E-state index in [2.05, 4.69) is 9.97 Å². The van der Waals surface area contributed by atoms with Crippen molar-refractivity contribution in [1.29, 1.82) is 0 Å². The van der Waals surface area contributed by atoms with Crippen LogP contribution in [-0.2, 0) is 13.0 Å². The number of nitrogens with zero attached hydrogens (tertiary/aromatic N) is 3. The molecule has 3 rings (SSSR count). The van der Waals surface area contributed by atoms with Crippen molar-refractivity contribution in [3.05, 3.63) is 43.2 Å². The van der Waals surface area contributed by atoms with Gasteiger partial charge in [0.05, 0.1) is 16.7 Å². The molecule has 3 heterocycles. The van der Waals surface area contributed by atoms with Gasteiger partial charge in [-0.2, -0.15) is 0 Å². The maximum Gasteiger partial charge on any atom is 0.355 e. The lowest BCUT2D eigenvalue weighted by atomic mass is 10.2. The quantitative estimate of drug-likeness (QED) is 0.791. The molecule has 3 aromatic heterocycles. The molecule has 0 atom stereocenters. The number of fused-ring (bicyclic) bond motifs is 1. The van der Waals surface area contributed by atoms with E-state index < -0.39 is 5.97 Å². The van der Waals surface area contributed by atoms with E-state index in [9.17, 15) is 9.59 Å². The summed E-state index contributed by atoms with van der Waals surface area (Å²) in [4.78, 5) is 33.6. The van der Waals surface area contributed by atoms with E-state index in [4.69, 9.17) is 5.11 Å². The van der Waals surface area contributed by atoms with Crippen LogP contribution in [0.25, 0.3) is 10.2 Å². The molecule has 3 aromatic rings. The van der Waals surface area contributed by atoms with Gasteiger partial charge in [-0.15, -0.1) is 22.7 Å². The molecule has 0 saturated carbocycles. The summed E-state index contributed by atoms with van der Waals surface area (Å²) in [5.74, 6) is -1.04. The molecule has 1 N–H and O–H groups in total. The second kappa shape index (κ2) is 5.62. The van der Waals surface area contributed by atoms with Crippen molar-refractivity contribution >= 4 is 38.9 Å². The van der Waals surface area contributed by atoms with E-state index in [-0.39, 0.29) is 11.3 Å². The molecular formula is C14H13N3O3S2. The van der Waals surface area contributed by atoms with Crippen LogP contribution in [0.15, 0.2) is 16.5 Å². The first-order valence-electron chi connectivity index (χ1n) is 6.60. The van der Waals surface area contributed by atoms with Crippen LogP contribution in [-0.4, -0.2) is 25.6 Å². The van der Waals surface area contributed by atoms with Crippen LogP contribution in [0.4, 0.5) is 0 Å². The van der Waals surface area contributed by atoms with Gasteiger partial charge in [0.25, 0.3) is 5.56 Å². The molecular weight excluding hydrogens is 322 g/mol. The fourth-order valence-corrected chi connectivity index (χ4v) is 3.92. The number of carboxylic acids is 1. The van der Waals surface area contributed by atoms with E-state index >= 15 is 0 Å². The lowest BCUT2D eigenvalue weighted by molar-refractivity contribution is 0.0691. The Kier molecular flexibility index (Phi) is 3.79. The van der Waals surface area contributed by atoms with E-state index in [1.165, 1.54) is 28.1 Å². The van der Waals surface area contributed by atoms with Gasteiger partial charge >= 0.3 is 5.97 Å². The number of aryl methyl sites for hydroxylation is 4.